The fourth-order valence-electron chi connectivity index (χ4n) is 1.64. The van der Waals surface area contributed by atoms with Crippen molar-refractivity contribution in [3.8, 4) is 0 Å². The maximum absolute atomic E-state index is 10.7. The molecule has 0 radical (unpaired) electrons. The predicted molar refractivity (Wildman–Crippen MR) is 78.5 cm³/mol. The highest BCUT2D eigenvalue weighted by Crippen LogP contribution is 2.28. The molecule has 0 bridgehead atoms. The maximum atomic E-state index is 10.7. The first-order valence-electron chi connectivity index (χ1n) is 5.53. The average Bonchev–Trinajstić information content (AvgIpc) is 2.72. The van der Waals surface area contributed by atoms with Crippen LogP contribution in [-0.4, -0.2) is 31.4 Å². The third-order valence-electron chi connectivity index (χ3n) is 2.54. The zero-order valence-electron chi connectivity index (χ0n) is 10.2. The van der Waals surface area contributed by atoms with Gasteiger partial charge in [0.05, 0.1) is 11.8 Å². The van der Waals surface area contributed by atoms with Crippen molar-refractivity contribution in [1.29, 1.82) is 0 Å². The van der Waals surface area contributed by atoms with Gasteiger partial charge in [-0.2, -0.15) is 0 Å². The van der Waals surface area contributed by atoms with E-state index in [1.54, 1.807) is 12.3 Å². The number of carboxylic acids is 1. The third kappa shape index (κ3) is 2.98. The second-order valence-electron chi connectivity index (χ2n) is 3.92. The molecule has 2 heterocycles. The standard InChI is InChI=1S/C12H12BrN3O2S/c1-3-7(2)16-11-9(4-8(13)5-14-11)15-12(16)19-6-10(17)18/h3-5,7H,1,6H2,2H3,(H,17,18). The molecule has 0 amide bonds. The van der Waals surface area contributed by atoms with E-state index in [0.717, 1.165) is 15.6 Å². The lowest BCUT2D eigenvalue weighted by atomic mass is 10.3. The molecule has 2 rings (SSSR count). The number of nitrogens with zero attached hydrogens (tertiary/aromatic N) is 3. The van der Waals surface area contributed by atoms with Crippen molar-refractivity contribution in [2.24, 2.45) is 0 Å². The largest absolute Gasteiger partial charge is 0.481 e. The maximum Gasteiger partial charge on any atom is 0.313 e. The monoisotopic (exact) mass is 341 g/mol. The van der Waals surface area contributed by atoms with Crippen LogP contribution >= 0.6 is 27.7 Å². The van der Waals surface area contributed by atoms with Crippen LogP contribution < -0.4 is 0 Å². The topological polar surface area (TPSA) is 68.0 Å². The molecule has 100 valence electrons. The Morgan fingerprint density at radius 3 is 3.11 bits per heavy atom. The van der Waals surface area contributed by atoms with E-state index in [1.165, 1.54) is 11.8 Å². The van der Waals surface area contributed by atoms with Crippen molar-refractivity contribution < 1.29 is 9.90 Å². The van der Waals surface area contributed by atoms with Crippen LogP contribution in [0.4, 0.5) is 0 Å². The second kappa shape index (κ2) is 5.75. The molecule has 1 unspecified atom stereocenters. The smallest absolute Gasteiger partial charge is 0.313 e. The van der Waals surface area contributed by atoms with Gasteiger partial charge in [0.15, 0.2) is 10.8 Å². The molecule has 0 saturated heterocycles. The number of halogens is 1. The van der Waals surface area contributed by atoms with Crippen LogP contribution in [0, 0.1) is 0 Å². The molecule has 5 nitrogen and oxygen atoms in total. The van der Waals surface area contributed by atoms with Gasteiger partial charge in [0, 0.05) is 10.7 Å². The number of fused-ring (bicyclic) bond motifs is 1. The Hall–Kier alpha value is -1.34. The molecule has 0 aromatic carbocycles. The van der Waals surface area contributed by atoms with E-state index in [0.29, 0.717) is 5.16 Å². The number of rotatable bonds is 5. The summed E-state index contributed by atoms with van der Waals surface area (Å²) in [6.45, 7) is 5.73. The van der Waals surface area contributed by atoms with E-state index in [2.05, 4.69) is 32.5 Å². The Balaban J connectivity index is 2.53. The van der Waals surface area contributed by atoms with Gasteiger partial charge in [0.25, 0.3) is 0 Å². The number of hydrogen-bond donors (Lipinski definition) is 1. The van der Waals surface area contributed by atoms with Crippen molar-refractivity contribution in [1.82, 2.24) is 14.5 Å². The van der Waals surface area contributed by atoms with Crippen LogP contribution in [0.5, 0.6) is 0 Å². The SMILES string of the molecule is C=CC(C)n1c(SCC(=O)O)nc2cc(Br)cnc21. The van der Waals surface area contributed by atoms with Crippen molar-refractivity contribution in [3.05, 3.63) is 29.4 Å². The van der Waals surface area contributed by atoms with Gasteiger partial charge in [-0.25, -0.2) is 9.97 Å². The molecule has 19 heavy (non-hydrogen) atoms. The number of aliphatic carboxylic acids is 1. The summed E-state index contributed by atoms with van der Waals surface area (Å²) in [6, 6.07) is 1.86. The summed E-state index contributed by atoms with van der Waals surface area (Å²) < 4.78 is 2.73. The van der Waals surface area contributed by atoms with Gasteiger partial charge in [-0.1, -0.05) is 17.8 Å². The van der Waals surface area contributed by atoms with Crippen LogP contribution in [-0.2, 0) is 4.79 Å². The minimum absolute atomic E-state index is 0.00466. The quantitative estimate of drug-likeness (QED) is 0.668. The Morgan fingerprint density at radius 1 is 1.74 bits per heavy atom. The van der Waals surface area contributed by atoms with Crippen LogP contribution in [0.15, 0.2) is 34.5 Å². The van der Waals surface area contributed by atoms with E-state index < -0.39 is 5.97 Å². The summed E-state index contributed by atoms with van der Waals surface area (Å²) in [6.07, 6.45) is 3.47. The number of hydrogen-bond acceptors (Lipinski definition) is 4. The molecular weight excluding hydrogens is 330 g/mol. The van der Waals surface area contributed by atoms with Gasteiger partial charge >= 0.3 is 5.97 Å². The molecule has 0 aliphatic rings. The van der Waals surface area contributed by atoms with E-state index in [4.69, 9.17) is 5.11 Å². The fourth-order valence-corrected chi connectivity index (χ4v) is 2.76. The first-order chi connectivity index (χ1) is 9.02. The van der Waals surface area contributed by atoms with Gasteiger partial charge in [-0.15, -0.1) is 6.58 Å². The summed E-state index contributed by atoms with van der Waals surface area (Å²) in [5.74, 6) is -0.905. The molecule has 0 spiro atoms. The van der Waals surface area contributed by atoms with E-state index in [-0.39, 0.29) is 11.8 Å². The molecule has 1 atom stereocenters. The van der Waals surface area contributed by atoms with Crippen LogP contribution in [0.3, 0.4) is 0 Å². The molecule has 0 aliphatic heterocycles. The second-order valence-corrected chi connectivity index (χ2v) is 5.78. The number of carbonyl (C=O) groups is 1. The number of carboxylic acid groups (broad SMARTS) is 1. The van der Waals surface area contributed by atoms with Gasteiger partial charge in [-0.3, -0.25) is 9.36 Å². The molecule has 0 saturated carbocycles. The number of aromatic nitrogens is 3. The normalized spacial score (nSPS) is 12.5. The molecule has 0 fully saturated rings. The highest BCUT2D eigenvalue weighted by molar-refractivity contribution is 9.10. The first-order valence-corrected chi connectivity index (χ1v) is 7.31. The summed E-state index contributed by atoms with van der Waals surface area (Å²) >= 11 is 4.53. The van der Waals surface area contributed by atoms with Gasteiger partial charge in [0.1, 0.15) is 5.52 Å². The lowest BCUT2D eigenvalue weighted by molar-refractivity contribution is -0.133. The van der Waals surface area contributed by atoms with E-state index in [1.807, 2.05) is 17.6 Å². The zero-order chi connectivity index (χ0) is 14.0. The lowest BCUT2D eigenvalue weighted by Gasteiger charge is -2.11. The van der Waals surface area contributed by atoms with Crippen molar-refractivity contribution in [2.45, 2.75) is 18.1 Å². The Morgan fingerprint density at radius 2 is 2.47 bits per heavy atom. The lowest BCUT2D eigenvalue weighted by Crippen LogP contribution is -2.06. The van der Waals surface area contributed by atoms with Gasteiger partial charge in [-0.05, 0) is 28.9 Å². The number of imidazole rings is 1. The Bertz CT molecular complexity index is 641. The van der Waals surface area contributed by atoms with E-state index >= 15 is 0 Å². The summed E-state index contributed by atoms with van der Waals surface area (Å²) in [4.78, 5) is 19.5. The van der Waals surface area contributed by atoms with Gasteiger partial charge in [0.2, 0.25) is 0 Å². The summed E-state index contributed by atoms with van der Waals surface area (Å²) in [7, 11) is 0. The van der Waals surface area contributed by atoms with Crippen molar-refractivity contribution >= 4 is 44.8 Å². The Labute approximate surface area is 122 Å². The van der Waals surface area contributed by atoms with Gasteiger partial charge < -0.3 is 5.11 Å². The first kappa shape index (κ1) is 14.1. The number of thioether (sulfide) groups is 1. The van der Waals surface area contributed by atoms with Crippen molar-refractivity contribution in [3.63, 3.8) is 0 Å². The summed E-state index contributed by atoms with van der Waals surface area (Å²) in [5, 5.41) is 9.41. The average molecular weight is 342 g/mol. The molecule has 0 aliphatic carbocycles. The number of pyridine rings is 1. The fraction of sp³-hybridized carbons (Fsp3) is 0.250. The zero-order valence-corrected chi connectivity index (χ0v) is 12.6. The van der Waals surface area contributed by atoms with Crippen molar-refractivity contribution in [2.75, 3.05) is 5.75 Å². The minimum atomic E-state index is -0.871. The van der Waals surface area contributed by atoms with Crippen LogP contribution in [0.1, 0.15) is 13.0 Å². The highest BCUT2D eigenvalue weighted by Gasteiger charge is 2.16. The highest BCUT2D eigenvalue weighted by atomic mass is 79.9. The Kier molecular flexibility index (Phi) is 4.26. The summed E-state index contributed by atoms with van der Waals surface area (Å²) in [5.41, 5.74) is 1.46. The molecule has 2 aromatic rings. The predicted octanol–water partition coefficient (Wildman–Crippen LogP) is 3.12. The van der Waals surface area contributed by atoms with Crippen LogP contribution in [0.25, 0.3) is 11.2 Å². The molecule has 2 aromatic heterocycles. The van der Waals surface area contributed by atoms with E-state index in [9.17, 15) is 4.79 Å². The van der Waals surface area contributed by atoms with Crippen LogP contribution in [0.2, 0.25) is 0 Å². The third-order valence-corrected chi connectivity index (χ3v) is 3.91. The molecule has 7 heteroatoms. The number of allylic oxidation sites excluding steroid dienone is 1. The molecule has 1 N–H and O–H groups in total. The molecular formula is C12H12BrN3O2S. The minimum Gasteiger partial charge on any atom is -0.481 e.